The van der Waals surface area contributed by atoms with Gasteiger partial charge in [-0.05, 0) is 27.7 Å². The molecule has 1 atom stereocenters. The highest BCUT2D eigenvalue weighted by Crippen LogP contribution is 1.87. The van der Waals surface area contributed by atoms with Gasteiger partial charge in [0.15, 0.2) is 6.10 Å². The van der Waals surface area contributed by atoms with Gasteiger partial charge in [-0.15, -0.1) is 0 Å². The van der Waals surface area contributed by atoms with Crippen LogP contribution in [0.15, 0.2) is 0 Å². The van der Waals surface area contributed by atoms with Gasteiger partial charge >= 0.3 is 11.9 Å². The van der Waals surface area contributed by atoms with E-state index in [1.54, 1.807) is 13.8 Å². The van der Waals surface area contributed by atoms with Crippen LogP contribution in [0, 0.1) is 0 Å². The zero-order chi connectivity index (χ0) is 13.7. The van der Waals surface area contributed by atoms with Gasteiger partial charge in [-0.1, -0.05) is 0 Å². The average Bonchev–Trinajstić information content (AvgIpc) is 2.28. The van der Waals surface area contributed by atoms with E-state index < -0.39 is 12.1 Å². The highest BCUT2D eigenvalue weighted by atomic mass is 16.6. The maximum atomic E-state index is 10.5. The first-order chi connectivity index (χ1) is 7.99. The molecule has 0 bridgehead atoms. The Morgan fingerprint density at radius 3 is 2.00 bits per heavy atom. The van der Waals surface area contributed by atoms with E-state index in [1.165, 1.54) is 6.92 Å². The molecule has 0 aliphatic heterocycles. The Morgan fingerprint density at radius 2 is 1.71 bits per heavy atom. The molecule has 0 spiro atoms. The van der Waals surface area contributed by atoms with Gasteiger partial charge in [0, 0.05) is 13.2 Å². The van der Waals surface area contributed by atoms with Gasteiger partial charge in [0.2, 0.25) is 0 Å². The van der Waals surface area contributed by atoms with E-state index in [0.717, 1.165) is 0 Å². The molecule has 0 amide bonds. The summed E-state index contributed by atoms with van der Waals surface area (Å²) >= 11 is 0. The first-order valence-electron chi connectivity index (χ1n) is 5.57. The van der Waals surface area contributed by atoms with Crippen LogP contribution < -0.4 is 0 Å². The number of hydrogen-bond donors (Lipinski definition) is 1. The molecule has 6 nitrogen and oxygen atoms in total. The Hall–Kier alpha value is -1.14. The van der Waals surface area contributed by atoms with Gasteiger partial charge < -0.3 is 19.3 Å². The van der Waals surface area contributed by atoms with Crippen LogP contribution in [0.5, 0.6) is 0 Å². The van der Waals surface area contributed by atoms with Crippen LogP contribution in [-0.4, -0.2) is 49.6 Å². The molecule has 0 fully saturated rings. The summed E-state index contributed by atoms with van der Waals surface area (Å²) in [5.74, 6) is -1.20. The monoisotopic (exact) mass is 250 g/mol. The SMILES string of the molecule is CCOC(C)C(=O)O.CCOCC(=O)OCC. The fourth-order valence-electron chi connectivity index (χ4n) is 0.709. The summed E-state index contributed by atoms with van der Waals surface area (Å²) in [6.07, 6.45) is -0.667. The van der Waals surface area contributed by atoms with Gasteiger partial charge in [-0.3, -0.25) is 0 Å². The predicted molar refractivity (Wildman–Crippen MR) is 61.8 cm³/mol. The van der Waals surface area contributed by atoms with Crippen molar-refractivity contribution in [3.8, 4) is 0 Å². The molecule has 0 rings (SSSR count). The number of rotatable bonds is 7. The Kier molecular flexibility index (Phi) is 13.9. The number of carboxylic acids is 1. The molecule has 0 heterocycles. The lowest BCUT2D eigenvalue weighted by Crippen LogP contribution is -2.19. The van der Waals surface area contributed by atoms with Gasteiger partial charge in [-0.25, -0.2) is 9.59 Å². The van der Waals surface area contributed by atoms with Crippen LogP contribution in [-0.2, 0) is 23.8 Å². The van der Waals surface area contributed by atoms with Crippen LogP contribution in [0.25, 0.3) is 0 Å². The molecular formula is C11H22O6. The third kappa shape index (κ3) is 14.9. The smallest absolute Gasteiger partial charge is 0.332 e. The first kappa shape index (κ1) is 18.2. The quantitative estimate of drug-likeness (QED) is 0.681. The summed E-state index contributed by atoms with van der Waals surface area (Å²) in [7, 11) is 0. The maximum absolute atomic E-state index is 10.5. The fourth-order valence-corrected chi connectivity index (χ4v) is 0.709. The summed E-state index contributed by atoms with van der Waals surface area (Å²) in [5.41, 5.74) is 0. The zero-order valence-electron chi connectivity index (χ0n) is 10.9. The van der Waals surface area contributed by atoms with E-state index in [4.69, 9.17) is 14.6 Å². The molecule has 0 saturated heterocycles. The van der Waals surface area contributed by atoms with E-state index in [2.05, 4.69) is 4.74 Å². The lowest BCUT2D eigenvalue weighted by atomic mass is 10.4. The van der Waals surface area contributed by atoms with Gasteiger partial charge in [0.25, 0.3) is 0 Å². The number of carboxylic acid groups (broad SMARTS) is 1. The second-order valence-electron chi connectivity index (χ2n) is 2.88. The lowest BCUT2D eigenvalue weighted by molar-refractivity contribution is -0.149. The van der Waals surface area contributed by atoms with Crippen molar-refractivity contribution in [1.82, 2.24) is 0 Å². The van der Waals surface area contributed by atoms with Crippen molar-refractivity contribution in [2.75, 3.05) is 26.4 Å². The molecule has 0 aliphatic rings. The van der Waals surface area contributed by atoms with Gasteiger partial charge in [0.1, 0.15) is 6.61 Å². The standard InChI is InChI=1S/C6H12O3.C5H10O3/c1-3-8-5-6(7)9-4-2;1-3-8-4(2)5(6)7/h3-5H2,1-2H3;4H,3H2,1-2H3,(H,6,7). The molecule has 0 radical (unpaired) electrons. The third-order valence-electron chi connectivity index (χ3n) is 1.49. The summed E-state index contributed by atoms with van der Waals surface area (Å²) in [6, 6.07) is 0. The van der Waals surface area contributed by atoms with Crippen molar-refractivity contribution in [2.24, 2.45) is 0 Å². The third-order valence-corrected chi connectivity index (χ3v) is 1.49. The van der Waals surface area contributed by atoms with Crippen LogP contribution >= 0.6 is 0 Å². The molecule has 102 valence electrons. The molecule has 0 aromatic heterocycles. The van der Waals surface area contributed by atoms with Crippen LogP contribution in [0.3, 0.4) is 0 Å². The maximum Gasteiger partial charge on any atom is 0.332 e. The summed E-state index contributed by atoms with van der Waals surface area (Å²) in [4.78, 5) is 20.4. The van der Waals surface area contributed by atoms with Crippen molar-refractivity contribution in [1.29, 1.82) is 0 Å². The highest BCUT2D eigenvalue weighted by Gasteiger charge is 2.07. The van der Waals surface area contributed by atoms with Gasteiger partial charge in [0.05, 0.1) is 6.61 Å². The van der Waals surface area contributed by atoms with Crippen molar-refractivity contribution in [3.63, 3.8) is 0 Å². The molecule has 1 unspecified atom stereocenters. The first-order valence-corrected chi connectivity index (χ1v) is 5.57. The van der Waals surface area contributed by atoms with Crippen LogP contribution in [0.2, 0.25) is 0 Å². The Bertz CT molecular complexity index is 204. The highest BCUT2D eigenvalue weighted by molar-refractivity contribution is 5.71. The second kappa shape index (κ2) is 12.9. The van der Waals surface area contributed by atoms with Crippen molar-refractivity contribution in [2.45, 2.75) is 33.8 Å². The molecule has 0 saturated carbocycles. The Morgan fingerprint density at radius 1 is 1.12 bits per heavy atom. The number of carbonyl (C=O) groups excluding carboxylic acids is 1. The van der Waals surface area contributed by atoms with Crippen molar-refractivity contribution in [3.05, 3.63) is 0 Å². The number of aliphatic carboxylic acids is 1. The second-order valence-corrected chi connectivity index (χ2v) is 2.88. The molecule has 0 aromatic carbocycles. The largest absolute Gasteiger partial charge is 0.479 e. The normalized spacial score (nSPS) is 11.1. The van der Waals surface area contributed by atoms with E-state index in [-0.39, 0.29) is 12.6 Å². The average molecular weight is 250 g/mol. The minimum absolute atomic E-state index is 0.0737. The number of hydrogen-bond acceptors (Lipinski definition) is 5. The molecule has 0 aliphatic carbocycles. The summed E-state index contributed by atoms with van der Waals surface area (Å²) in [5, 5.41) is 8.19. The van der Waals surface area contributed by atoms with E-state index in [9.17, 15) is 9.59 Å². The fraction of sp³-hybridized carbons (Fsp3) is 0.818. The zero-order valence-corrected chi connectivity index (χ0v) is 10.9. The molecule has 6 heteroatoms. The number of esters is 1. The molecular weight excluding hydrogens is 228 g/mol. The summed E-state index contributed by atoms with van der Waals surface area (Å²) < 4.78 is 14.1. The lowest BCUT2D eigenvalue weighted by Gasteiger charge is -2.03. The van der Waals surface area contributed by atoms with Crippen molar-refractivity contribution < 1.29 is 28.9 Å². The minimum Gasteiger partial charge on any atom is -0.479 e. The minimum atomic E-state index is -0.910. The van der Waals surface area contributed by atoms with E-state index in [0.29, 0.717) is 19.8 Å². The molecule has 0 aromatic rings. The van der Waals surface area contributed by atoms with Gasteiger partial charge in [-0.2, -0.15) is 0 Å². The number of carbonyl (C=O) groups is 2. The Labute approximate surface area is 102 Å². The molecule has 17 heavy (non-hydrogen) atoms. The summed E-state index contributed by atoms with van der Waals surface area (Å²) in [6.45, 7) is 8.37. The topological polar surface area (TPSA) is 82.1 Å². The Balaban J connectivity index is 0. The van der Waals surface area contributed by atoms with Crippen molar-refractivity contribution >= 4 is 11.9 Å². The van der Waals surface area contributed by atoms with E-state index >= 15 is 0 Å². The van der Waals surface area contributed by atoms with Crippen LogP contribution in [0.1, 0.15) is 27.7 Å². The predicted octanol–water partition coefficient (Wildman–Crippen LogP) is 1.08. The molecule has 1 N–H and O–H groups in total. The number of ether oxygens (including phenoxy) is 3. The van der Waals surface area contributed by atoms with E-state index in [1.807, 2.05) is 6.92 Å². The van der Waals surface area contributed by atoms with Crippen LogP contribution in [0.4, 0.5) is 0 Å².